The maximum atomic E-state index is 12.4. The van der Waals surface area contributed by atoms with Crippen LogP contribution in [-0.2, 0) is 13.5 Å². The highest BCUT2D eigenvalue weighted by molar-refractivity contribution is 5.94. The zero-order chi connectivity index (χ0) is 17.0. The Morgan fingerprint density at radius 2 is 2.17 bits per heavy atom. The number of hydrogen-bond acceptors (Lipinski definition) is 3. The fourth-order valence-electron chi connectivity index (χ4n) is 2.35. The minimum atomic E-state index is -0.701. The van der Waals surface area contributed by atoms with Gasteiger partial charge in [-0.05, 0) is 51.3 Å². The van der Waals surface area contributed by atoms with Crippen LogP contribution < -0.4 is 5.32 Å². The molecule has 0 spiro atoms. The molecule has 2 aromatic rings. The van der Waals surface area contributed by atoms with Crippen molar-refractivity contribution < 1.29 is 9.90 Å². The molecule has 1 amide bonds. The highest BCUT2D eigenvalue weighted by Gasteiger charge is 2.15. The van der Waals surface area contributed by atoms with Crippen molar-refractivity contribution in [3.63, 3.8) is 0 Å². The van der Waals surface area contributed by atoms with Crippen molar-refractivity contribution in [1.82, 2.24) is 15.1 Å². The lowest BCUT2D eigenvalue weighted by Gasteiger charge is -2.17. The maximum absolute atomic E-state index is 12.4. The Kier molecular flexibility index (Phi) is 5.21. The van der Waals surface area contributed by atoms with E-state index in [-0.39, 0.29) is 11.9 Å². The van der Waals surface area contributed by atoms with E-state index in [0.717, 1.165) is 17.5 Å². The number of rotatable bonds is 6. The van der Waals surface area contributed by atoms with Gasteiger partial charge in [0.05, 0.1) is 17.8 Å². The Balaban J connectivity index is 2.02. The Morgan fingerprint density at radius 1 is 1.43 bits per heavy atom. The normalized spacial score (nSPS) is 12.9. The minimum Gasteiger partial charge on any atom is -0.390 e. The SMILES string of the molecule is C[C@H](NC(=O)c1cccc(CCC(C)(C)O)c1)c1cnn(C)c1. The molecule has 0 aliphatic heterocycles. The predicted molar refractivity (Wildman–Crippen MR) is 90.2 cm³/mol. The van der Waals surface area contributed by atoms with Crippen LogP contribution in [0.1, 0.15) is 54.7 Å². The number of nitrogens with zero attached hydrogens (tertiary/aromatic N) is 2. The van der Waals surface area contributed by atoms with Crippen molar-refractivity contribution in [2.45, 2.75) is 45.3 Å². The van der Waals surface area contributed by atoms with Gasteiger partial charge in [0.25, 0.3) is 5.91 Å². The molecule has 0 aliphatic rings. The summed E-state index contributed by atoms with van der Waals surface area (Å²) >= 11 is 0. The zero-order valence-corrected chi connectivity index (χ0v) is 14.2. The predicted octanol–water partition coefficient (Wildman–Crippen LogP) is 2.61. The molecule has 5 nitrogen and oxygen atoms in total. The highest BCUT2D eigenvalue weighted by atomic mass is 16.3. The van der Waals surface area contributed by atoms with Gasteiger partial charge in [-0.3, -0.25) is 9.48 Å². The van der Waals surface area contributed by atoms with Gasteiger partial charge in [0.1, 0.15) is 0 Å². The first kappa shape index (κ1) is 17.2. The number of aromatic nitrogens is 2. The van der Waals surface area contributed by atoms with Gasteiger partial charge in [0, 0.05) is 24.4 Å². The van der Waals surface area contributed by atoms with Crippen LogP contribution in [0.2, 0.25) is 0 Å². The van der Waals surface area contributed by atoms with E-state index in [1.165, 1.54) is 0 Å². The number of benzene rings is 1. The summed E-state index contributed by atoms with van der Waals surface area (Å²) in [6.45, 7) is 5.52. The van der Waals surface area contributed by atoms with E-state index in [0.29, 0.717) is 12.0 Å². The molecule has 0 saturated heterocycles. The molecule has 124 valence electrons. The molecule has 0 fully saturated rings. The van der Waals surface area contributed by atoms with Crippen LogP contribution in [0.15, 0.2) is 36.7 Å². The monoisotopic (exact) mass is 315 g/mol. The van der Waals surface area contributed by atoms with Crippen molar-refractivity contribution >= 4 is 5.91 Å². The number of carbonyl (C=O) groups is 1. The fourth-order valence-corrected chi connectivity index (χ4v) is 2.35. The topological polar surface area (TPSA) is 67.2 Å². The summed E-state index contributed by atoms with van der Waals surface area (Å²) in [7, 11) is 1.85. The summed E-state index contributed by atoms with van der Waals surface area (Å²) in [5.41, 5.74) is 1.95. The largest absolute Gasteiger partial charge is 0.390 e. The van der Waals surface area contributed by atoms with Crippen molar-refractivity contribution in [2.75, 3.05) is 0 Å². The van der Waals surface area contributed by atoms with Gasteiger partial charge in [0.15, 0.2) is 0 Å². The first-order valence-corrected chi connectivity index (χ1v) is 7.85. The smallest absolute Gasteiger partial charge is 0.251 e. The third-order valence-corrected chi connectivity index (χ3v) is 3.79. The first-order valence-electron chi connectivity index (χ1n) is 7.85. The number of nitrogens with one attached hydrogen (secondary N) is 1. The molecule has 23 heavy (non-hydrogen) atoms. The number of aryl methyl sites for hydroxylation is 2. The molecule has 2 N–H and O–H groups in total. The second kappa shape index (κ2) is 6.96. The second-order valence-electron chi connectivity index (χ2n) is 6.66. The molecular formula is C18H25N3O2. The van der Waals surface area contributed by atoms with Gasteiger partial charge < -0.3 is 10.4 Å². The molecule has 0 bridgehead atoms. The summed E-state index contributed by atoms with van der Waals surface area (Å²) in [5.74, 6) is -0.105. The number of amides is 1. The van der Waals surface area contributed by atoms with Crippen LogP contribution in [0.3, 0.4) is 0 Å². The Morgan fingerprint density at radius 3 is 2.78 bits per heavy atom. The third-order valence-electron chi connectivity index (χ3n) is 3.79. The van der Waals surface area contributed by atoms with Gasteiger partial charge >= 0.3 is 0 Å². The Bertz CT molecular complexity index is 671. The Labute approximate surface area is 137 Å². The fraction of sp³-hybridized carbons (Fsp3) is 0.444. The number of aliphatic hydroxyl groups is 1. The summed E-state index contributed by atoms with van der Waals surface area (Å²) < 4.78 is 1.72. The molecule has 0 saturated carbocycles. The van der Waals surface area contributed by atoms with Gasteiger partial charge in [-0.2, -0.15) is 5.10 Å². The Hall–Kier alpha value is -2.14. The molecule has 2 rings (SSSR count). The zero-order valence-electron chi connectivity index (χ0n) is 14.2. The van der Waals surface area contributed by atoms with Crippen LogP contribution in [-0.4, -0.2) is 26.4 Å². The van der Waals surface area contributed by atoms with Crippen LogP contribution in [0.25, 0.3) is 0 Å². The number of carbonyl (C=O) groups excluding carboxylic acids is 1. The van der Waals surface area contributed by atoms with Crippen molar-refractivity contribution in [2.24, 2.45) is 7.05 Å². The third kappa shape index (κ3) is 5.21. The van der Waals surface area contributed by atoms with E-state index in [2.05, 4.69) is 10.4 Å². The van der Waals surface area contributed by atoms with Crippen LogP contribution >= 0.6 is 0 Å². The van der Waals surface area contributed by atoms with Crippen LogP contribution in [0.4, 0.5) is 0 Å². The summed E-state index contributed by atoms with van der Waals surface area (Å²) in [6, 6.07) is 7.45. The minimum absolute atomic E-state index is 0.101. The molecule has 0 aliphatic carbocycles. The maximum Gasteiger partial charge on any atom is 0.251 e. The average Bonchev–Trinajstić information content (AvgIpc) is 2.91. The molecular weight excluding hydrogens is 290 g/mol. The van der Waals surface area contributed by atoms with E-state index < -0.39 is 5.60 Å². The lowest BCUT2D eigenvalue weighted by atomic mass is 9.98. The lowest BCUT2D eigenvalue weighted by molar-refractivity contribution is 0.0714. The average molecular weight is 315 g/mol. The van der Waals surface area contributed by atoms with E-state index in [1.54, 1.807) is 30.8 Å². The molecule has 1 atom stereocenters. The van der Waals surface area contributed by atoms with Crippen LogP contribution in [0, 0.1) is 0 Å². The van der Waals surface area contributed by atoms with Gasteiger partial charge in [-0.15, -0.1) is 0 Å². The van der Waals surface area contributed by atoms with E-state index in [9.17, 15) is 9.90 Å². The summed E-state index contributed by atoms with van der Waals surface area (Å²) in [6.07, 6.45) is 5.04. The standard InChI is InChI=1S/C18H25N3O2/c1-13(16-11-19-21(4)12-16)20-17(22)15-7-5-6-14(10-15)8-9-18(2,3)23/h5-7,10-13,23H,8-9H2,1-4H3,(H,20,22)/t13-/m0/s1. The summed E-state index contributed by atoms with van der Waals surface area (Å²) in [5, 5.41) is 16.9. The molecule has 0 radical (unpaired) electrons. The van der Waals surface area contributed by atoms with Crippen molar-refractivity contribution in [3.05, 3.63) is 53.3 Å². The van der Waals surface area contributed by atoms with E-state index in [4.69, 9.17) is 0 Å². The van der Waals surface area contributed by atoms with Gasteiger partial charge in [-0.25, -0.2) is 0 Å². The molecule has 5 heteroatoms. The van der Waals surface area contributed by atoms with Crippen molar-refractivity contribution in [3.8, 4) is 0 Å². The first-order chi connectivity index (χ1) is 10.7. The molecule has 1 aromatic carbocycles. The van der Waals surface area contributed by atoms with E-state index >= 15 is 0 Å². The quantitative estimate of drug-likeness (QED) is 0.861. The van der Waals surface area contributed by atoms with Crippen LogP contribution in [0.5, 0.6) is 0 Å². The van der Waals surface area contributed by atoms with Crippen molar-refractivity contribution in [1.29, 1.82) is 0 Å². The lowest BCUT2D eigenvalue weighted by Crippen LogP contribution is -2.26. The van der Waals surface area contributed by atoms with Gasteiger partial charge in [0.2, 0.25) is 0 Å². The highest BCUT2D eigenvalue weighted by Crippen LogP contribution is 2.16. The second-order valence-corrected chi connectivity index (χ2v) is 6.66. The summed E-state index contributed by atoms with van der Waals surface area (Å²) in [4.78, 5) is 12.4. The number of hydrogen-bond donors (Lipinski definition) is 2. The van der Waals surface area contributed by atoms with Gasteiger partial charge in [-0.1, -0.05) is 12.1 Å². The molecule has 1 aromatic heterocycles. The molecule has 0 unspecified atom stereocenters. The van der Waals surface area contributed by atoms with E-state index in [1.807, 2.05) is 38.4 Å². The molecule has 1 heterocycles.